The lowest BCUT2D eigenvalue weighted by Crippen LogP contribution is -2.28. The first-order chi connectivity index (χ1) is 9.97. The SMILES string of the molecule is CCN(CC)C(=O)/C=C(/C)c1oc2ccc(Br)cc2c1C. The fourth-order valence-electron chi connectivity index (χ4n) is 2.45. The summed E-state index contributed by atoms with van der Waals surface area (Å²) in [5, 5.41) is 1.07. The largest absolute Gasteiger partial charge is 0.456 e. The Labute approximate surface area is 133 Å². The number of carbonyl (C=O) groups excluding carboxylic acids is 1. The van der Waals surface area contributed by atoms with Crippen LogP contribution >= 0.6 is 15.9 Å². The van der Waals surface area contributed by atoms with Crippen LogP contribution in [0.5, 0.6) is 0 Å². The molecule has 0 aliphatic rings. The maximum atomic E-state index is 12.2. The van der Waals surface area contributed by atoms with Crippen LogP contribution in [0.15, 0.2) is 33.2 Å². The topological polar surface area (TPSA) is 33.5 Å². The Bertz CT molecular complexity index is 696. The van der Waals surface area contributed by atoms with Crippen LogP contribution in [0, 0.1) is 6.92 Å². The molecule has 3 nitrogen and oxygen atoms in total. The Morgan fingerprint density at radius 2 is 2.00 bits per heavy atom. The number of fused-ring (bicyclic) bond motifs is 1. The van der Waals surface area contributed by atoms with Crippen molar-refractivity contribution in [3.8, 4) is 0 Å². The summed E-state index contributed by atoms with van der Waals surface area (Å²) in [4.78, 5) is 14.0. The summed E-state index contributed by atoms with van der Waals surface area (Å²) in [5.74, 6) is 0.808. The predicted molar refractivity (Wildman–Crippen MR) is 90.2 cm³/mol. The first-order valence-electron chi connectivity index (χ1n) is 7.14. The molecule has 0 saturated heterocycles. The highest BCUT2D eigenvalue weighted by Crippen LogP contribution is 2.31. The molecule has 2 rings (SSSR count). The molecular weight excluding hydrogens is 330 g/mol. The molecule has 2 aromatic rings. The van der Waals surface area contributed by atoms with Gasteiger partial charge in [-0.25, -0.2) is 0 Å². The number of likely N-dealkylation sites (N-methyl/N-ethyl adjacent to an activating group) is 1. The molecule has 4 heteroatoms. The summed E-state index contributed by atoms with van der Waals surface area (Å²) in [6, 6.07) is 5.93. The van der Waals surface area contributed by atoms with E-state index in [-0.39, 0.29) is 5.91 Å². The second-order valence-corrected chi connectivity index (χ2v) is 5.95. The molecule has 0 atom stereocenters. The van der Waals surface area contributed by atoms with E-state index >= 15 is 0 Å². The fourth-order valence-corrected chi connectivity index (χ4v) is 2.81. The first-order valence-corrected chi connectivity index (χ1v) is 7.93. The minimum atomic E-state index is 0.0264. The van der Waals surface area contributed by atoms with Crippen LogP contribution in [0.3, 0.4) is 0 Å². The molecule has 0 aliphatic carbocycles. The molecule has 1 aromatic carbocycles. The molecule has 0 unspecified atom stereocenters. The number of carbonyl (C=O) groups is 1. The lowest BCUT2D eigenvalue weighted by molar-refractivity contribution is -0.125. The van der Waals surface area contributed by atoms with Gasteiger partial charge in [-0.05, 0) is 51.5 Å². The van der Waals surface area contributed by atoms with Gasteiger partial charge in [0.05, 0.1) is 0 Å². The van der Waals surface area contributed by atoms with E-state index in [1.54, 1.807) is 11.0 Å². The molecule has 21 heavy (non-hydrogen) atoms. The van der Waals surface area contributed by atoms with Gasteiger partial charge in [-0.2, -0.15) is 0 Å². The minimum absolute atomic E-state index is 0.0264. The summed E-state index contributed by atoms with van der Waals surface area (Å²) in [6.07, 6.45) is 1.66. The molecule has 0 bridgehead atoms. The molecule has 112 valence electrons. The number of rotatable bonds is 4. The number of amides is 1. The Morgan fingerprint density at radius 3 is 2.62 bits per heavy atom. The van der Waals surface area contributed by atoms with Crippen molar-refractivity contribution in [3.63, 3.8) is 0 Å². The molecule has 0 radical (unpaired) electrons. The molecular formula is C17H20BrNO2. The zero-order chi connectivity index (χ0) is 15.6. The van der Waals surface area contributed by atoms with Crippen molar-refractivity contribution in [2.24, 2.45) is 0 Å². The van der Waals surface area contributed by atoms with Crippen LogP contribution in [-0.4, -0.2) is 23.9 Å². The smallest absolute Gasteiger partial charge is 0.246 e. The second-order valence-electron chi connectivity index (χ2n) is 5.03. The van der Waals surface area contributed by atoms with Crippen LogP contribution in [0.25, 0.3) is 16.5 Å². The van der Waals surface area contributed by atoms with Crippen molar-refractivity contribution in [3.05, 3.63) is 40.1 Å². The van der Waals surface area contributed by atoms with Crippen molar-refractivity contribution in [2.75, 3.05) is 13.1 Å². The van der Waals surface area contributed by atoms with Crippen molar-refractivity contribution >= 4 is 38.4 Å². The number of halogens is 1. The lowest BCUT2D eigenvalue weighted by Gasteiger charge is -2.16. The molecule has 0 fully saturated rings. The minimum Gasteiger partial charge on any atom is -0.456 e. The monoisotopic (exact) mass is 349 g/mol. The third kappa shape index (κ3) is 3.21. The molecule has 1 aromatic heterocycles. The number of benzene rings is 1. The fraction of sp³-hybridized carbons (Fsp3) is 0.353. The summed E-state index contributed by atoms with van der Waals surface area (Å²) in [7, 11) is 0. The van der Waals surface area contributed by atoms with E-state index in [0.717, 1.165) is 32.3 Å². The average Bonchev–Trinajstić information content (AvgIpc) is 2.77. The number of nitrogens with zero attached hydrogens (tertiary/aromatic N) is 1. The quantitative estimate of drug-likeness (QED) is 0.744. The highest BCUT2D eigenvalue weighted by molar-refractivity contribution is 9.10. The molecule has 0 spiro atoms. The summed E-state index contributed by atoms with van der Waals surface area (Å²) >= 11 is 3.47. The predicted octanol–water partition coefficient (Wildman–Crippen LogP) is 4.78. The van der Waals surface area contributed by atoms with Crippen molar-refractivity contribution in [1.82, 2.24) is 4.90 Å². The molecule has 1 amide bonds. The van der Waals surface area contributed by atoms with Crippen molar-refractivity contribution < 1.29 is 9.21 Å². The van der Waals surface area contributed by atoms with E-state index < -0.39 is 0 Å². The van der Waals surface area contributed by atoms with Crippen LogP contribution in [0.2, 0.25) is 0 Å². The summed E-state index contributed by atoms with van der Waals surface area (Å²) in [5.41, 5.74) is 2.76. The highest BCUT2D eigenvalue weighted by Gasteiger charge is 2.14. The van der Waals surface area contributed by atoms with Gasteiger partial charge >= 0.3 is 0 Å². The van der Waals surface area contributed by atoms with Crippen LogP contribution in [0.1, 0.15) is 32.1 Å². The normalized spacial score (nSPS) is 12.0. The van der Waals surface area contributed by atoms with Crippen molar-refractivity contribution in [2.45, 2.75) is 27.7 Å². The molecule has 0 N–H and O–H groups in total. The highest BCUT2D eigenvalue weighted by atomic mass is 79.9. The van der Waals surface area contributed by atoms with Gasteiger partial charge in [0.2, 0.25) is 5.91 Å². The number of hydrogen-bond acceptors (Lipinski definition) is 2. The van der Waals surface area contributed by atoms with Gasteiger partial charge in [0.15, 0.2) is 0 Å². The van der Waals surface area contributed by atoms with E-state index in [1.807, 2.05) is 45.9 Å². The van der Waals surface area contributed by atoms with E-state index in [1.165, 1.54) is 0 Å². The first kappa shape index (κ1) is 15.8. The van der Waals surface area contributed by atoms with E-state index in [2.05, 4.69) is 15.9 Å². The van der Waals surface area contributed by atoms with Crippen LogP contribution < -0.4 is 0 Å². The van der Waals surface area contributed by atoms with Crippen LogP contribution in [-0.2, 0) is 4.79 Å². The second kappa shape index (κ2) is 6.48. The van der Waals surface area contributed by atoms with Crippen molar-refractivity contribution in [1.29, 1.82) is 0 Å². The van der Waals surface area contributed by atoms with E-state index in [4.69, 9.17) is 4.42 Å². The summed E-state index contributed by atoms with van der Waals surface area (Å²) in [6.45, 7) is 9.33. The number of allylic oxidation sites excluding steroid dienone is 1. The third-order valence-corrected chi connectivity index (χ3v) is 4.16. The number of hydrogen-bond donors (Lipinski definition) is 0. The third-order valence-electron chi connectivity index (χ3n) is 3.67. The Kier molecular flexibility index (Phi) is 4.88. The Morgan fingerprint density at radius 1 is 1.33 bits per heavy atom. The van der Waals surface area contributed by atoms with Gasteiger partial charge in [-0.15, -0.1) is 0 Å². The summed E-state index contributed by atoms with van der Waals surface area (Å²) < 4.78 is 6.92. The Hall–Kier alpha value is -1.55. The van der Waals surface area contributed by atoms with Gasteiger partial charge in [-0.1, -0.05) is 15.9 Å². The number of furan rings is 1. The van der Waals surface area contributed by atoms with Gasteiger partial charge in [-0.3, -0.25) is 4.79 Å². The van der Waals surface area contributed by atoms with Crippen LogP contribution in [0.4, 0.5) is 0 Å². The standard InChI is InChI=1S/C17H20BrNO2/c1-5-19(6-2)16(20)9-11(3)17-12(4)14-10-13(18)7-8-15(14)21-17/h7-10H,5-6H2,1-4H3/b11-9-. The maximum absolute atomic E-state index is 12.2. The zero-order valence-electron chi connectivity index (χ0n) is 12.9. The number of aryl methyl sites for hydroxylation is 1. The van der Waals surface area contributed by atoms with E-state index in [0.29, 0.717) is 13.1 Å². The maximum Gasteiger partial charge on any atom is 0.246 e. The van der Waals surface area contributed by atoms with Gasteiger partial charge in [0, 0.05) is 34.6 Å². The molecule has 0 aliphatic heterocycles. The lowest BCUT2D eigenvalue weighted by atomic mass is 10.1. The van der Waals surface area contributed by atoms with Gasteiger partial charge < -0.3 is 9.32 Å². The molecule has 1 heterocycles. The van der Waals surface area contributed by atoms with E-state index in [9.17, 15) is 4.79 Å². The van der Waals surface area contributed by atoms with Gasteiger partial charge in [0.1, 0.15) is 11.3 Å². The zero-order valence-corrected chi connectivity index (χ0v) is 14.5. The average molecular weight is 350 g/mol. The Balaban J connectivity index is 2.41. The molecule has 0 saturated carbocycles. The van der Waals surface area contributed by atoms with Gasteiger partial charge in [0.25, 0.3) is 0 Å².